The lowest BCUT2D eigenvalue weighted by atomic mass is 9.77. The monoisotopic (exact) mass is 495 g/mol. The van der Waals surface area contributed by atoms with Crippen molar-refractivity contribution in [3.05, 3.63) is 50.1 Å². The molecule has 0 saturated carbocycles. The van der Waals surface area contributed by atoms with Gasteiger partial charge in [0.2, 0.25) is 5.95 Å². The third-order valence-corrected chi connectivity index (χ3v) is 6.28. The molecule has 1 aliphatic heterocycles. The van der Waals surface area contributed by atoms with Gasteiger partial charge in [0.1, 0.15) is 11.5 Å². The van der Waals surface area contributed by atoms with Crippen molar-refractivity contribution >= 4 is 28.0 Å². The highest BCUT2D eigenvalue weighted by Gasteiger charge is 2.42. The molecule has 168 valence electrons. The molecule has 1 fully saturated rings. The van der Waals surface area contributed by atoms with E-state index in [0.717, 1.165) is 6.42 Å². The van der Waals surface area contributed by atoms with E-state index in [2.05, 4.69) is 31.4 Å². The molecule has 0 spiro atoms. The van der Waals surface area contributed by atoms with Crippen molar-refractivity contribution in [1.29, 1.82) is 0 Å². The van der Waals surface area contributed by atoms with E-state index in [1.807, 2.05) is 25.7 Å². The zero-order valence-electron chi connectivity index (χ0n) is 18.0. The third-order valence-electron chi connectivity index (χ3n) is 5.51. The van der Waals surface area contributed by atoms with Crippen LogP contribution < -0.4 is 15.8 Å². The van der Waals surface area contributed by atoms with Crippen molar-refractivity contribution < 1.29 is 14.3 Å². The first-order chi connectivity index (χ1) is 14.5. The van der Waals surface area contributed by atoms with E-state index in [9.17, 15) is 19.1 Å². The maximum atomic E-state index is 13.9. The summed E-state index contributed by atoms with van der Waals surface area (Å²) in [4.78, 5) is 26.4. The fourth-order valence-electron chi connectivity index (χ4n) is 4.29. The molecule has 2 atom stereocenters. The Bertz CT molecular complexity index is 1040. The Morgan fingerprint density at radius 1 is 1.35 bits per heavy atom. The predicted molar refractivity (Wildman–Crippen MR) is 119 cm³/mol. The second-order valence-corrected chi connectivity index (χ2v) is 9.77. The molecular weight excluding hydrogens is 469 g/mol. The second kappa shape index (κ2) is 8.94. The molecule has 0 bridgehead atoms. The van der Waals surface area contributed by atoms with Gasteiger partial charge < -0.3 is 15.3 Å². The number of amides is 1. The number of halogens is 2. The molecule has 1 aliphatic rings. The van der Waals surface area contributed by atoms with Crippen LogP contribution in [-0.4, -0.2) is 44.6 Å². The Hall–Kier alpha value is -2.49. The zero-order valence-corrected chi connectivity index (χ0v) is 19.6. The van der Waals surface area contributed by atoms with Crippen LogP contribution in [-0.2, 0) is 6.54 Å². The number of piperidine rings is 1. The molecule has 1 aromatic carbocycles. The summed E-state index contributed by atoms with van der Waals surface area (Å²) >= 11 is 3.42. The summed E-state index contributed by atoms with van der Waals surface area (Å²) < 4.78 is 16.0. The number of hydrogen-bond acceptors (Lipinski definition) is 5. The fraction of sp³-hybridized carbons (Fsp3) is 0.524. The number of carbonyl (C=O) groups is 1. The molecule has 3 rings (SSSR count). The van der Waals surface area contributed by atoms with Crippen molar-refractivity contribution in [3.8, 4) is 0 Å². The topological polar surface area (TPSA) is 100 Å². The molecular formula is C21H27BrFN5O3. The van der Waals surface area contributed by atoms with Gasteiger partial charge in [0.05, 0.1) is 18.6 Å². The molecule has 1 amide bonds. The highest BCUT2D eigenvalue weighted by molar-refractivity contribution is 9.10. The van der Waals surface area contributed by atoms with Crippen molar-refractivity contribution in [2.24, 2.45) is 5.41 Å². The number of carboxylic acid groups (broad SMARTS) is 1. The van der Waals surface area contributed by atoms with Gasteiger partial charge >= 0.3 is 6.09 Å². The van der Waals surface area contributed by atoms with Crippen LogP contribution in [0.4, 0.5) is 15.1 Å². The summed E-state index contributed by atoms with van der Waals surface area (Å²) in [5.74, 6) is -0.0497. The van der Waals surface area contributed by atoms with Gasteiger partial charge in [0.25, 0.3) is 5.56 Å². The van der Waals surface area contributed by atoms with Crippen molar-refractivity contribution in [2.45, 2.75) is 59.2 Å². The molecule has 31 heavy (non-hydrogen) atoms. The molecule has 2 N–H and O–H groups in total. The average Bonchev–Trinajstić information content (AvgIpc) is 2.67. The minimum absolute atomic E-state index is 0.104. The number of aromatic nitrogens is 3. The number of anilines is 1. The minimum atomic E-state index is -1.09. The van der Waals surface area contributed by atoms with Crippen LogP contribution in [0.3, 0.4) is 0 Å². The van der Waals surface area contributed by atoms with Crippen LogP contribution in [0.15, 0.2) is 27.5 Å². The number of nitrogens with zero attached hydrogens (tertiary/aromatic N) is 4. The number of rotatable bonds is 4. The summed E-state index contributed by atoms with van der Waals surface area (Å²) in [5.41, 5.74) is 0.198. The SMILES string of the molecule is Cc1nnc(N2CCCC(NC(=O)O)C2C(C)(C)C)n(Cc2cc(F)ccc2Br)c1=O. The zero-order chi connectivity index (χ0) is 22.9. The third kappa shape index (κ3) is 5.06. The molecule has 1 saturated heterocycles. The van der Waals surface area contributed by atoms with Crippen LogP contribution in [0.25, 0.3) is 0 Å². The van der Waals surface area contributed by atoms with Crippen LogP contribution >= 0.6 is 15.9 Å². The van der Waals surface area contributed by atoms with Gasteiger partial charge in [-0.25, -0.2) is 9.18 Å². The van der Waals surface area contributed by atoms with E-state index < -0.39 is 11.9 Å². The number of nitrogens with one attached hydrogen (secondary N) is 1. The standard InChI is InChI=1S/C21H27BrFN5O3/c1-12-18(29)28(11-13-10-14(23)7-8-15(13)22)19(26-25-12)27-9-5-6-16(24-20(30)31)17(27)21(2,3)4/h7-8,10,16-17,24H,5-6,9,11H2,1-4H3,(H,30,31). The number of aryl methyl sites for hydroxylation is 1. The summed E-state index contributed by atoms with van der Waals surface area (Å²) in [7, 11) is 0. The lowest BCUT2D eigenvalue weighted by Gasteiger charge is -2.48. The summed E-state index contributed by atoms with van der Waals surface area (Å²) in [6.07, 6.45) is 0.325. The van der Waals surface area contributed by atoms with Gasteiger partial charge in [0.15, 0.2) is 0 Å². The highest BCUT2D eigenvalue weighted by Crippen LogP contribution is 2.35. The van der Waals surface area contributed by atoms with Gasteiger partial charge in [0, 0.05) is 11.0 Å². The van der Waals surface area contributed by atoms with Crippen LogP contribution in [0.1, 0.15) is 44.9 Å². The first kappa shape index (κ1) is 23.2. The van der Waals surface area contributed by atoms with Crippen LogP contribution in [0.2, 0.25) is 0 Å². The molecule has 8 nitrogen and oxygen atoms in total. The van der Waals surface area contributed by atoms with Crippen molar-refractivity contribution in [1.82, 2.24) is 20.1 Å². The second-order valence-electron chi connectivity index (χ2n) is 8.91. The molecule has 0 radical (unpaired) electrons. The normalized spacial score (nSPS) is 19.4. The van der Waals surface area contributed by atoms with Gasteiger partial charge in [-0.3, -0.25) is 9.36 Å². The molecule has 2 unspecified atom stereocenters. The number of benzene rings is 1. The summed E-state index contributed by atoms with van der Waals surface area (Å²) in [6, 6.07) is 3.73. The predicted octanol–water partition coefficient (Wildman–Crippen LogP) is 3.55. The van der Waals surface area contributed by atoms with Gasteiger partial charge in [-0.1, -0.05) is 36.7 Å². The Labute approximate surface area is 188 Å². The van der Waals surface area contributed by atoms with E-state index in [1.54, 1.807) is 13.0 Å². The highest BCUT2D eigenvalue weighted by atomic mass is 79.9. The lowest BCUT2D eigenvalue weighted by Crippen LogP contribution is -2.61. The Morgan fingerprint density at radius 3 is 2.71 bits per heavy atom. The Morgan fingerprint density at radius 2 is 2.06 bits per heavy atom. The van der Waals surface area contributed by atoms with Gasteiger partial charge in [-0.2, -0.15) is 0 Å². The van der Waals surface area contributed by atoms with E-state index in [1.165, 1.54) is 16.7 Å². The number of hydrogen-bond donors (Lipinski definition) is 2. The van der Waals surface area contributed by atoms with Crippen LogP contribution in [0.5, 0.6) is 0 Å². The summed E-state index contributed by atoms with van der Waals surface area (Å²) in [5, 5.41) is 20.4. The Kier molecular flexibility index (Phi) is 6.68. The first-order valence-electron chi connectivity index (χ1n) is 10.1. The fourth-order valence-corrected chi connectivity index (χ4v) is 4.67. The molecule has 2 heterocycles. The van der Waals surface area contributed by atoms with Gasteiger partial charge in [-0.15, -0.1) is 10.2 Å². The maximum Gasteiger partial charge on any atom is 0.404 e. The van der Waals surface area contributed by atoms with Crippen LogP contribution in [0, 0.1) is 18.2 Å². The van der Waals surface area contributed by atoms with E-state index >= 15 is 0 Å². The Balaban J connectivity index is 2.12. The summed E-state index contributed by atoms with van der Waals surface area (Å²) in [6.45, 7) is 8.37. The van der Waals surface area contributed by atoms with E-state index in [0.29, 0.717) is 29.0 Å². The molecule has 10 heteroatoms. The van der Waals surface area contributed by atoms with E-state index in [-0.39, 0.29) is 35.3 Å². The van der Waals surface area contributed by atoms with Gasteiger partial charge in [-0.05, 0) is 48.9 Å². The maximum absolute atomic E-state index is 13.9. The van der Waals surface area contributed by atoms with Crippen molar-refractivity contribution in [2.75, 3.05) is 11.4 Å². The largest absolute Gasteiger partial charge is 0.465 e. The average molecular weight is 496 g/mol. The lowest BCUT2D eigenvalue weighted by molar-refractivity contribution is 0.165. The molecule has 0 aliphatic carbocycles. The smallest absolute Gasteiger partial charge is 0.404 e. The van der Waals surface area contributed by atoms with E-state index in [4.69, 9.17) is 0 Å². The minimum Gasteiger partial charge on any atom is -0.465 e. The molecule has 2 aromatic rings. The van der Waals surface area contributed by atoms with Crippen molar-refractivity contribution in [3.63, 3.8) is 0 Å². The molecule has 1 aromatic heterocycles. The quantitative estimate of drug-likeness (QED) is 0.672. The first-order valence-corrected chi connectivity index (χ1v) is 10.9.